The fourth-order valence-corrected chi connectivity index (χ4v) is 5.25. The van der Waals surface area contributed by atoms with E-state index in [1.54, 1.807) is 7.05 Å². The number of rotatable bonds is 14. The largest absolute Gasteiger partial charge is 0.377 e. The SMILES string of the molecule is CNC(O)[C@@H](NC(O)[C@@H](CC(O)OCc1ccccc1)n1ccc(-c2ccc(-c3ccc(C(N)O)cc3)cc2)c1)C(C)(C)C. The number of aromatic nitrogens is 1. The smallest absolute Gasteiger partial charge is 0.157 e. The molecule has 0 saturated heterocycles. The van der Waals surface area contributed by atoms with Gasteiger partial charge in [0.25, 0.3) is 0 Å². The molecule has 8 N–H and O–H groups in total. The third-order valence-corrected chi connectivity index (χ3v) is 7.89. The van der Waals surface area contributed by atoms with Gasteiger partial charge >= 0.3 is 0 Å². The number of hydrogen-bond donors (Lipinski definition) is 7. The first-order chi connectivity index (χ1) is 21.0. The lowest BCUT2D eigenvalue weighted by Crippen LogP contribution is -2.58. The minimum absolute atomic E-state index is 0.105. The lowest BCUT2D eigenvalue weighted by molar-refractivity contribution is -0.128. The molecule has 9 heteroatoms. The molecule has 0 aliphatic rings. The van der Waals surface area contributed by atoms with Crippen LogP contribution in [0.3, 0.4) is 0 Å². The molecule has 0 spiro atoms. The van der Waals surface area contributed by atoms with Crippen LogP contribution >= 0.6 is 0 Å². The van der Waals surface area contributed by atoms with E-state index >= 15 is 0 Å². The molecule has 0 saturated carbocycles. The maximum atomic E-state index is 11.5. The molecule has 3 aromatic carbocycles. The third kappa shape index (κ3) is 8.84. The van der Waals surface area contributed by atoms with Crippen LogP contribution in [0.25, 0.3) is 22.3 Å². The molecule has 9 nitrogen and oxygen atoms in total. The van der Waals surface area contributed by atoms with Crippen molar-refractivity contribution in [2.24, 2.45) is 11.1 Å². The van der Waals surface area contributed by atoms with Crippen LogP contribution in [0.2, 0.25) is 0 Å². The zero-order valence-electron chi connectivity index (χ0n) is 25.8. The van der Waals surface area contributed by atoms with Gasteiger partial charge in [0.15, 0.2) is 6.29 Å². The number of likely N-dealkylation sites (N-methyl/N-ethyl adjacent to an activating group) is 1. The molecule has 0 radical (unpaired) electrons. The maximum absolute atomic E-state index is 11.5. The molecule has 1 aromatic heterocycles. The Kier molecular flexibility index (Phi) is 11.5. The van der Waals surface area contributed by atoms with Gasteiger partial charge in [0.1, 0.15) is 18.7 Å². The second kappa shape index (κ2) is 15.1. The highest BCUT2D eigenvalue weighted by atomic mass is 16.6. The number of aliphatic hydroxyl groups is 4. The molecule has 0 fully saturated rings. The summed E-state index contributed by atoms with van der Waals surface area (Å²) in [6.07, 6.45) is -0.247. The van der Waals surface area contributed by atoms with E-state index in [-0.39, 0.29) is 18.4 Å². The van der Waals surface area contributed by atoms with Gasteiger partial charge in [0, 0.05) is 18.8 Å². The number of nitrogens with zero attached hydrogens (tertiary/aromatic N) is 1. The van der Waals surface area contributed by atoms with Gasteiger partial charge in [-0.15, -0.1) is 0 Å². The first-order valence-electron chi connectivity index (χ1n) is 14.9. The summed E-state index contributed by atoms with van der Waals surface area (Å²) in [5.41, 5.74) is 10.7. The van der Waals surface area contributed by atoms with Crippen molar-refractivity contribution in [3.8, 4) is 22.3 Å². The van der Waals surface area contributed by atoms with Crippen molar-refractivity contribution in [2.45, 2.75) is 70.9 Å². The highest BCUT2D eigenvalue weighted by molar-refractivity contribution is 5.70. The van der Waals surface area contributed by atoms with Crippen molar-refractivity contribution < 1.29 is 25.2 Å². The van der Waals surface area contributed by atoms with Crippen LogP contribution in [-0.2, 0) is 11.3 Å². The Hall–Kier alpha value is -3.38. The van der Waals surface area contributed by atoms with Crippen LogP contribution in [0.5, 0.6) is 0 Å². The van der Waals surface area contributed by atoms with E-state index in [0.29, 0.717) is 5.56 Å². The fourth-order valence-electron chi connectivity index (χ4n) is 5.25. The van der Waals surface area contributed by atoms with Crippen molar-refractivity contribution >= 4 is 0 Å². The maximum Gasteiger partial charge on any atom is 0.157 e. The molecule has 0 aliphatic heterocycles. The molecular weight excluding hydrogens is 556 g/mol. The second-order valence-electron chi connectivity index (χ2n) is 12.2. The van der Waals surface area contributed by atoms with Gasteiger partial charge in [-0.3, -0.25) is 10.6 Å². The summed E-state index contributed by atoms with van der Waals surface area (Å²) >= 11 is 0. The number of nitrogens with one attached hydrogen (secondary N) is 2. The predicted molar refractivity (Wildman–Crippen MR) is 173 cm³/mol. The molecule has 1 heterocycles. The third-order valence-electron chi connectivity index (χ3n) is 7.89. The predicted octanol–water partition coefficient (Wildman–Crippen LogP) is 4.10. The van der Waals surface area contributed by atoms with Crippen molar-refractivity contribution in [1.29, 1.82) is 0 Å². The van der Waals surface area contributed by atoms with E-state index in [1.165, 1.54) is 0 Å². The highest BCUT2D eigenvalue weighted by Gasteiger charge is 2.35. The van der Waals surface area contributed by atoms with E-state index in [1.807, 2.05) is 123 Å². The summed E-state index contributed by atoms with van der Waals surface area (Å²) in [5, 5.41) is 48.7. The van der Waals surface area contributed by atoms with E-state index < -0.39 is 37.1 Å². The van der Waals surface area contributed by atoms with Crippen molar-refractivity contribution in [1.82, 2.24) is 15.2 Å². The summed E-state index contributed by atoms with van der Waals surface area (Å²) in [4.78, 5) is 0. The molecule has 4 unspecified atom stereocenters. The lowest BCUT2D eigenvalue weighted by atomic mass is 9.85. The van der Waals surface area contributed by atoms with Crippen molar-refractivity contribution in [2.75, 3.05) is 7.05 Å². The van der Waals surface area contributed by atoms with Gasteiger partial charge in [-0.1, -0.05) is 99.6 Å². The Balaban J connectivity index is 1.55. The highest BCUT2D eigenvalue weighted by Crippen LogP contribution is 2.30. The van der Waals surface area contributed by atoms with Crippen molar-refractivity contribution in [3.05, 3.63) is 108 Å². The molecular formula is C35H46N4O5. The molecule has 4 aromatic rings. The minimum atomic E-state index is -1.14. The van der Waals surface area contributed by atoms with E-state index in [0.717, 1.165) is 27.8 Å². The molecule has 0 bridgehead atoms. The first kappa shape index (κ1) is 33.5. The summed E-state index contributed by atoms with van der Waals surface area (Å²) < 4.78 is 7.63. The summed E-state index contributed by atoms with van der Waals surface area (Å²) in [6, 6.07) is 26.1. The molecule has 236 valence electrons. The average Bonchev–Trinajstić information content (AvgIpc) is 3.51. The van der Waals surface area contributed by atoms with Gasteiger partial charge in [-0.05, 0) is 51.9 Å². The summed E-state index contributed by atoms with van der Waals surface area (Å²) in [5.74, 6) is 0. The quantitative estimate of drug-likeness (QED) is 0.107. The monoisotopic (exact) mass is 602 g/mol. The van der Waals surface area contributed by atoms with Gasteiger partial charge in [-0.2, -0.15) is 0 Å². The number of hydrogen-bond acceptors (Lipinski definition) is 8. The van der Waals surface area contributed by atoms with Gasteiger partial charge < -0.3 is 35.5 Å². The van der Waals surface area contributed by atoms with Crippen LogP contribution in [0.15, 0.2) is 97.3 Å². The molecule has 6 atom stereocenters. The lowest BCUT2D eigenvalue weighted by Gasteiger charge is -2.39. The van der Waals surface area contributed by atoms with Crippen LogP contribution in [0.1, 0.15) is 50.6 Å². The first-order valence-corrected chi connectivity index (χ1v) is 14.9. The van der Waals surface area contributed by atoms with Crippen LogP contribution in [0.4, 0.5) is 0 Å². The van der Waals surface area contributed by atoms with Gasteiger partial charge in [0.2, 0.25) is 0 Å². The average molecular weight is 603 g/mol. The topological polar surface area (TPSA) is 145 Å². The normalized spacial score (nSPS) is 16.2. The molecule has 0 amide bonds. The van der Waals surface area contributed by atoms with E-state index in [2.05, 4.69) is 10.6 Å². The Morgan fingerprint density at radius 2 is 1.34 bits per heavy atom. The van der Waals surface area contributed by atoms with E-state index in [4.69, 9.17) is 10.5 Å². The Morgan fingerprint density at radius 3 is 1.89 bits per heavy atom. The zero-order valence-corrected chi connectivity index (χ0v) is 25.8. The Morgan fingerprint density at radius 1 is 0.773 bits per heavy atom. The van der Waals surface area contributed by atoms with Gasteiger partial charge in [0.05, 0.1) is 18.7 Å². The Bertz CT molecular complexity index is 1420. The standard InChI is InChI=1S/C35H46N4O5/c1-35(2,3)31(34(43)37-4)38-33(42)29(20-30(40)44-22-23-8-6-5-7-9-23)39-19-18-28(21-39)26-12-10-24(11-13-26)25-14-16-27(17-15-25)32(36)41/h5-19,21,29-34,37-38,40-43H,20,22,36H2,1-4H3/t29-,30?,31-,32?,33?,34?/m1/s1. The van der Waals surface area contributed by atoms with E-state index in [9.17, 15) is 20.4 Å². The van der Waals surface area contributed by atoms with Crippen molar-refractivity contribution in [3.63, 3.8) is 0 Å². The number of nitrogens with two attached hydrogens (primary N) is 1. The van der Waals surface area contributed by atoms with Crippen LogP contribution in [0, 0.1) is 5.41 Å². The number of aliphatic hydroxyl groups excluding tert-OH is 4. The summed E-state index contributed by atoms with van der Waals surface area (Å²) in [7, 11) is 1.67. The molecule has 0 aliphatic carbocycles. The molecule has 44 heavy (non-hydrogen) atoms. The van der Waals surface area contributed by atoms with Crippen LogP contribution < -0.4 is 16.4 Å². The van der Waals surface area contributed by atoms with Gasteiger partial charge in [-0.25, -0.2) is 0 Å². The number of ether oxygens (including phenoxy) is 1. The minimum Gasteiger partial charge on any atom is -0.377 e. The second-order valence-corrected chi connectivity index (χ2v) is 12.2. The van der Waals surface area contributed by atoms with Crippen LogP contribution in [-0.4, -0.2) is 56.8 Å². The zero-order chi connectivity index (χ0) is 31.9. The summed E-state index contributed by atoms with van der Waals surface area (Å²) in [6.45, 7) is 6.19. The Labute approximate surface area is 259 Å². The molecule has 4 rings (SSSR count). The number of benzene rings is 3. The fraction of sp³-hybridized carbons (Fsp3) is 0.371.